The Bertz CT molecular complexity index is 517. The number of aliphatic hydroxyl groups is 3. The maximum Gasteiger partial charge on any atom is 0.305 e. The van der Waals surface area contributed by atoms with E-state index in [-0.39, 0.29) is 37.9 Å². The number of nitrogens with one attached hydrogen (secondary N) is 2. The fourth-order valence-electron chi connectivity index (χ4n) is 2.72. The summed E-state index contributed by atoms with van der Waals surface area (Å²) in [5.74, 6) is -0.972. The van der Waals surface area contributed by atoms with Crippen LogP contribution >= 0.6 is 0 Å². The molecule has 1 fully saturated rings. The summed E-state index contributed by atoms with van der Waals surface area (Å²) < 4.78 is 15.4. The van der Waals surface area contributed by atoms with Crippen molar-refractivity contribution in [2.24, 2.45) is 0 Å². The lowest BCUT2D eigenvalue weighted by molar-refractivity contribution is -0.269. The minimum atomic E-state index is -1.38. The van der Waals surface area contributed by atoms with Crippen molar-refractivity contribution in [1.29, 1.82) is 0 Å². The number of unbranched alkanes of at least 4 members (excludes halogenated alkanes) is 1. The molecule has 5 N–H and O–H groups in total. The SMILES string of the molecule is COC(=O)CCCCC(=O)NCCO[C@H]1O[C@H](CO)[C@H](O)[C@H](O)[C@@H]1NC(C)=O. The van der Waals surface area contributed by atoms with Crippen molar-refractivity contribution in [3.63, 3.8) is 0 Å². The molecule has 11 nitrogen and oxygen atoms in total. The van der Waals surface area contributed by atoms with Gasteiger partial charge in [-0.1, -0.05) is 0 Å². The van der Waals surface area contributed by atoms with Crippen molar-refractivity contribution in [3.8, 4) is 0 Å². The molecule has 5 atom stereocenters. The number of esters is 1. The van der Waals surface area contributed by atoms with Gasteiger partial charge in [0.25, 0.3) is 0 Å². The summed E-state index contributed by atoms with van der Waals surface area (Å²) in [6.07, 6.45) is -3.32. The Balaban J connectivity index is 2.36. The van der Waals surface area contributed by atoms with E-state index in [4.69, 9.17) is 9.47 Å². The monoisotopic (exact) mass is 406 g/mol. The van der Waals surface area contributed by atoms with Crippen LogP contribution in [0.4, 0.5) is 0 Å². The van der Waals surface area contributed by atoms with Crippen LogP contribution in [-0.4, -0.2) is 90.6 Å². The Morgan fingerprint density at radius 1 is 1.11 bits per heavy atom. The van der Waals surface area contributed by atoms with E-state index < -0.39 is 43.2 Å². The molecular weight excluding hydrogens is 376 g/mol. The minimum Gasteiger partial charge on any atom is -0.469 e. The first-order chi connectivity index (χ1) is 13.3. The van der Waals surface area contributed by atoms with Crippen LogP contribution < -0.4 is 10.6 Å². The molecule has 0 bridgehead atoms. The molecule has 0 aromatic carbocycles. The smallest absolute Gasteiger partial charge is 0.305 e. The van der Waals surface area contributed by atoms with E-state index in [1.54, 1.807) is 0 Å². The van der Waals surface area contributed by atoms with Gasteiger partial charge in [-0.25, -0.2) is 0 Å². The standard InChI is InChI=1S/C17H30N2O9/c1-10(21)19-14-16(25)15(24)11(9-20)28-17(14)27-8-7-18-12(22)5-3-4-6-13(23)26-2/h11,14-17,20,24-25H,3-9H2,1-2H3,(H,18,22)(H,19,21)/t11-,14+,15+,16-,17+/m1/s1. The largest absolute Gasteiger partial charge is 0.469 e. The van der Waals surface area contributed by atoms with Crippen LogP contribution in [0.5, 0.6) is 0 Å². The topological polar surface area (TPSA) is 164 Å². The number of carbonyl (C=O) groups excluding carboxylic acids is 3. The summed E-state index contributed by atoms with van der Waals surface area (Å²) in [5.41, 5.74) is 0. The second kappa shape index (κ2) is 12.6. The van der Waals surface area contributed by atoms with Gasteiger partial charge in [0, 0.05) is 26.3 Å². The quantitative estimate of drug-likeness (QED) is 0.189. The van der Waals surface area contributed by atoms with Gasteiger partial charge in [-0.15, -0.1) is 0 Å². The van der Waals surface area contributed by atoms with Crippen molar-refractivity contribution in [2.45, 2.75) is 63.3 Å². The third-order valence-corrected chi connectivity index (χ3v) is 4.22. The molecule has 0 saturated carbocycles. The maximum absolute atomic E-state index is 11.7. The van der Waals surface area contributed by atoms with Crippen molar-refractivity contribution in [3.05, 3.63) is 0 Å². The molecule has 0 aromatic rings. The van der Waals surface area contributed by atoms with E-state index in [1.807, 2.05) is 0 Å². The third-order valence-electron chi connectivity index (χ3n) is 4.22. The zero-order valence-electron chi connectivity index (χ0n) is 16.1. The van der Waals surface area contributed by atoms with Gasteiger partial charge in [0.15, 0.2) is 6.29 Å². The van der Waals surface area contributed by atoms with Crippen molar-refractivity contribution in [1.82, 2.24) is 10.6 Å². The van der Waals surface area contributed by atoms with Gasteiger partial charge in [0.2, 0.25) is 11.8 Å². The molecule has 162 valence electrons. The Kier molecular flexibility index (Phi) is 10.9. The Hall–Kier alpha value is -1.79. The molecule has 1 rings (SSSR count). The fraction of sp³-hybridized carbons (Fsp3) is 0.824. The first-order valence-corrected chi connectivity index (χ1v) is 9.14. The lowest BCUT2D eigenvalue weighted by atomic mass is 9.97. The van der Waals surface area contributed by atoms with Gasteiger partial charge < -0.3 is 40.2 Å². The summed E-state index contributed by atoms with van der Waals surface area (Å²) in [5, 5.41) is 34.4. The van der Waals surface area contributed by atoms with E-state index in [2.05, 4.69) is 15.4 Å². The Morgan fingerprint density at radius 2 is 1.79 bits per heavy atom. The highest BCUT2D eigenvalue weighted by molar-refractivity contribution is 5.76. The molecule has 0 aromatic heterocycles. The molecule has 28 heavy (non-hydrogen) atoms. The molecule has 0 aliphatic carbocycles. The zero-order chi connectivity index (χ0) is 21.1. The van der Waals surface area contributed by atoms with Crippen molar-refractivity contribution < 1.29 is 43.9 Å². The molecule has 1 heterocycles. The number of aliphatic hydroxyl groups excluding tert-OH is 3. The van der Waals surface area contributed by atoms with Gasteiger partial charge in [0.05, 0.1) is 20.3 Å². The summed E-state index contributed by atoms with van der Waals surface area (Å²) in [6, 6.07) is -1.02. The van der Waals surface area contributed by atoms with Crippen LogP contribution in [0.2, 0.25) is 0 Å². The highest BCUT2D eigenvalue weighted by atomic mass is 16.7. The van der Waals surface area contributed by atoms with E-state index in [0.29, 0.717) is 12.8 Å². The van der Waals surface area contributed by atoms with Gasteiger partial charge in [-0.3, -0.25) is 14.4 Å². The molecular formula is C17H30N2O9. The van der Waals surface area contributed by atoms with Crippen LogP contribution in [0.1, 0.15) is 32.6 Å². The molecule has 11 heteroatoms. The average molecular weight is 406 g/mol. The van der Waals surface area contributed by atoms with E-state index >= 15 is 0 Å². The average Bonchev–Trinajstić information content (AvgIpc) is 2.66. The van der Waals surface area contributed by atoms with Crippen LogP contribution in [0.3, 0.4) is 0 Å². The van der Waals surface area contributed by atoms with Gasteiger partial charge in [-0.2, -0.15) is 0 Å². The molecule has 2 amide bonds. The van der Waals surface area contributed by atoms with Gasteiger partial charge in [-0.05, 0) is 12.8 Å². The Labute approximate surface area is 163 Å². The lowest BCUT2D eigenvalue weighted by Gasteiger charge is -2.42. The van der Waals surface area contributed by atoms with Crippen LogP contribution in [-0.2, 0) is 28.6 Å². The number of ether oxygens (including phenoxy) is 3. The summed E-state index contributed by atoms with van der Waals surface area (Å²) in [6.45, 7) is 0.891. The number of rotatable bonds is 11. The fourth-order valence-corrected chi connectivity index (χ4v) is 2.72. The van der Waals surface area contributed by atoms with Gasteiger partial charge in [0.1, 0.15) is 24.4 Å². The highest BCUT2D eigenvalue weighted by Gasteiger charge is 2.45. The first kappa shape index (κ1) is 24.2. The lowest BCUT2D eigenvalue weighted by Crippen LogP contribution is -2.64. The first-order valence-electron chi connectivity index (χ1n) is 9.14. The normalized spacial score (nSPS) is 27.1. The molecule has 0 unspecified atom stereocenters. The number of carbonyl (C=O) groups is 3. The molecule has 1 saturated heterocycles. The van der Waals surface area contributed by atoms with E-state index in [1.165, 1.54) is 14.0 Å². The molecule has 0 spiro atoms. The summed E-state index contributed by atoms with van der Waals surface area (Å²) >= 11 is 0. The number of methoxy groups -OCH3 is 1. The number of amides is 2. The molecule has 1 aliphatic rings. The summed E-state index contributed by atoms with van der Waals surface area (Å²) in [4.78, 5) is 34.0. The summed E-state index contributed by atoms with van der Waals surface area (Å²) in [7, 11) is 1.31. The predicted octanol–water partition coefficient (Wildman–Crippen LogP) is -2.20. The Morgan fingerprint density at radius 3 is 2.39 bits per heavy atom. The second-order valence-electron chi connectivity index (χ2n) is 6.44. The highest BCUT2D eigenvalue weighted by Crippen LogP contribution is 2.22. The van der Waals surface area contributed by atoms with E-state index in [0.717, 1.165) is 0 Å². The van der Waals surface area contributed by atoms with Crippen LogP contribution in [0.25, 0.3) is 0 Å². The molecule has 0 radical (unpaired) electrons. The van der Waals surface area contributed by atoms with Gasteiger partial charge >= 0.3 is 5.97 Å². The minimum absolute atomic E-state index is 0.0234. The second-order valence-corrected chi connectivity index (χ2v) is 6.44. The van der Waals surface area contributed by atoms with Crippen LogP contribution in [0.15, 0.2) is 0 Å². The number of hydrogen-bond donors (Lipinski definition) is 5. The predicted molar refractivity (Wildman–Crippen MR) is 94.8 cm³/mol. The number of hydrogen-bond acceptors (Lipinski definition) is 9. The zero-order valence-corrected chi connectivity index (χ0v) is 16.1. The van der Waals surface area contributed by atoms with E-state index in [9.17, 15) is 29.7 Å². The van der Waals surface area contributed by atoms with Crippen molar-refractivity contribution >= 4 is 17.8 Å². The maximum atomic E-state index is 11.7. The third kappa shape index (κ3) is 8.07. The molecule has 1 aliphatic heterocycles. The van der Waals surface area contributed by atoms with Crippen molar-refractivity contribution in [2.75, 3.05) is 26.9 Å². The van der Waals surface area contributed by atoms with Crippen LogP contribution in [0, 0.1) is 0 Å².